The molecule has 9 heteroatoms. The molecule has 0 aromatic heterocycles. The number of esters is 1. The van der Waals surface area contributed by atoms with Gasteiger partial charge in [0.2, 0.25) is 0 Å². The molecule has 2 amide bonds. The van der Waals surface area contributed by atoms with E-state index in [-0.39, 0.29) is 27.0 Å². The van der Waals surface area contributed by atoms with Gasteiger partial charge in [0.25, 0.3) is 11.8 Å². The number of rotatable bonds is 4. The number of alkyl halides is 2. The van der Waals surface area contributed by atoms with E-state index in [0.717, 1.165) is 5.57 Å². The fourth-order valence-corrected chi connectivity index (χ4v) is 6.49. The van der Waals surface area contributed by atoms with Gasteiger partial charge < -0.3 is 10.1 Å². The molecular weight excluding hydrogens is 512 g/mol. The summed E-state index contributed by atoms with van der Waals surface area (Å²) in [4.78, 5) is 39.5. The molecule has 2 aliphatic rings. The summed E-state index contributed by atoms with van der Waals surface area (Å²) in [7, 11) is 0. The van der Waals surface area contributed by atoms with Crippen molar-refractivity contribution in [2.75, 3.05) is 5.33 Å². The first-order valence-corrected chi connectivity index (χ1v) is 11.6. The fraction of sp³-hybridized carbons (Fsp3) is 0.421. The smallest absolute Gasteiger partial charge is 0.355 e. The van der Waals surface area contributed by atoms with Crippen LogP contribution in [-0.4, -0.2) is 49.2 Å². The topological polar surface area (TPSA) is 75.7 Å². The summed E-state index contributed by atoms with van der Waals surface area (Å²) in [5.41, 5.74) is 0.774. The molecule has 3 atom stereocenters. The molecule has 0 bridgehead atoms. The second-order valence-corrected chi connectivity index (χ2v) is 10.7. The average Bonchev–Trinajstić information content (AvgIpc) is 2.64. The SMILES string of the molecule is CC(C)(C)OC(=O)C1=C(CBr)C(Br)S[C@H]2C(NC(=O)c3ccccc3)C(=O)N12. The van der Waals surface area contributed by atoms with E-state index in [1.165, 1.54) is 16.7 Å². The van der Waals surface area contributed by atoms with Gasteiger partial charge in [-0.05, 0) is 38.5 Å². The van der Waals surface area contributed by atoms with Crippen LogP contribution in [0.5, 0.6) is 0 Å². The first-order valence-electron chi connectivity index (χ1n) is 8.65. The van der Waals surface area contributed by atoms with Gasteiger partial charge in [0, 0.05) is 10.9 Å². The summed E-state index contributed by atoms with van der Waals surface area (Å²) in [5.74, 6) is -1.18. The minimum absolute atomic E-state index is 0.181. The number of benzene rings is 1. The minimum atomic E-state index is -0.702. The van der Waals surface area contributed by atoms with E-state index in [1.54, 1.807) is 45.0 Å². The predicted molar refractivity (Wildman–Crippen MR) is 115 cm³/mol. The summed E-state index contributed by atoms with van der Waals surface area (Å²) in [6.45, 7) is 5.34. The Hall–Kier alpha value is -1.32. The molecule has 2 heterocycles. The highest BCUT2D eigenvalue weighted by atomic mass is 79.9. The van der Waals surface area contributed by atoms with Crippen LogP contribution in [0.2, 0.25) is 0 Å². The lowest BCUT2D eigenvalue weighted by Gasteiger charge is -2.51. The molecule has 1 saturated heterocycles. The van der Waals surface area contributed by atoms with Gasteiger partial charge in [-0.15, -0.1) is 11.8 Å². The van der Waals surface area contributed by atoms with Crippen LogP contribution >= 0.6 is 43.6 Å². The van der Waals surface area contributed by atoms with Gasteiger partial charge in [0.1, 0.15) is 22.7 Å². The molecule has 0 saturated carbocycles. The van der Waals surface area contributed by atoms with E-state index < -0.39 is 17.6 Å². The second kappa shape index (κ2) is 8.20. The highest BCUT2D eigenvalue weighted by molar-refractivity contribution is 9.11. The summed E-state index contributed by atoms with van der Waals surface area (Å²) in [5, 5.41) is 2.82. The van der Waals surface area contributed by atoms with E-state index in [2.05, 4.69) is 37.2 Å². The van der Waals surface area contributed by atoms with Gasteiger partial charge in [-0.2, -0.15) is 0 Å². The standard InChI is InChI=1S/C19H20Br2N2O4S/c1-19(2,3)27-18(26)13-11(9-20)14(21)28-17-12(16(25)23(13)17)22-15(24)10-7-5-4-6-8-10/h4-8,12,14,17H,9H2,1-3H3,(H,22,24)/t12?,14?,17-/m0/s1. The predicted octanol–water partition coefficient (Wildman–Crippen LogP) is 3.41. The van der Waals surface area contributed by atoms with E-state index in [0.29, 0.717) is 10.9 Å². The van der Waals surface area contributed by atoms with Crippen LogP contribution < -0.4 is 5.32 Å². The quantitative estimate of drug-likeness (QED) is 0.366. The lowest BCUT2D eigenvalue weighted by molar-refractivity contribution is -0.158. The third kappa shape index (κ3) is 4.16. The largest absolute Gasteiger partial charge is 0.455 e. The molecular formula is C19H20Br2N2O4S. The van der Waals surface area contributed by atoms with E-state index in [1.807, 2.05) is 6.07 Å². The van der Waals surface area contributed by atoms with Crippen molar-refractivity contribution in [3.8, 4) is 0 Å². The highest BCUT2D eigenvalue weighted by Gasteiger charge is 2.56. The Morgan fingerprint density at radius 2 is 1.89 bits per heavy atom. The van der Waals surface area contributed by atoms with Crippen molar-refractivity contribution in [2.24, 2.45) is 0 Å². The Bertz CT molecular complexity index is 838. The van der Waals surface area contributed by atoms with Crippen molar-refractivity contribution in [1.82, 2.24) is 10.2 Å². The molecule has 2 unspecified atom stereocenters. The zero-order chi connectivity index (χ0) is 20.6. The molecule has 0 radical (unpaired) electrons. The summed E-state index contributed by atoms with van der Waals surface area (Å²) < 4.78 is 5.33. The van der Waals surface area contributed by atoms with Crippen LogP contribution in [0, 0.1) is 0 Å². The minimum Gasteiger partial charge on any atom is -0.455 e. The Balaban J connectivity index is 1.84. The van der Waals surface area contributed by atoms with Crippen molar-refractivity contribution in [1.29, 1.82) is 0 Å². The molecule has 1 fully saturated rings. The zero-order valence-corrected chi connectivity index (χ0v) is 19.6. The number of carbonyl (C=O) groups is 3. The number of fused-ring (bicyclic) bond motifs is 1. The average molecular weight is 532 g/mol. The fourth-order valence-electron chi connectivity index (χ4n) is 2.93. The maximum absolute atomic E-state index is 12.8. The number of β-lactam (4-membered cyclic amide) rings is 1. The number of thioether (sulfide) groups is 1. The van der Waals surface area contributed by atoms with Crippen LogP contribution in [0.1, 0.15) is 31.1 Å². The van der Waals surface area contributed by atoms with Crippen molar-refractivity contribution in [3.05, 3.63) is 47.2 Å². The lowest BCUT2D eigenvalue weighted by atomic mass is 10.0. The Kier molecular flexibility index (Phi) is 6.26. The number of hydrogen-bond donors (Lipinski definition) is 1. The number of amides is 2. The summed E-state index contributed by atoms with van der Waals surface area (Å²) in [6, 6.07) is 8.02. The van der Waals surface area contributed by atoms with E-state index in [9.17, 15) is 14.4 Å². The monoisotopic (exact) mass is 530 g/mol. The van der Waals surface area contributed by atoms with Crippen LogP contribution in [0.25, 0.3) is 0 Å². The maximum atomic E-state index is 12.8. The molecule has 1 aromatic carbocycles. The first kappa shape index (κ1) is 21.4. The van der Waals surface area contributed by atoms with Gasteiger partial charge >= 0.3 is 5.97 Å². The van der Waals surface area contributed by atoms with Crippen LogP contribution in [0.15, 0.2) is 41.6 Å². The molecule has 1 aromatic rings. The van der Waals surface area contributed by atoms with Crippen molar-refractivity contribution in [3.63, 3.8) is 0 Å². The van der Waals surface area contributed by atoms with Crippen LogP contribution in [0.4, 0.5) is 0 Å². The van der Waals surface area contributed by atoms with Crippen molar-refractivity contribution < 1.29 is 19.1 Å². The van der Waals surface area contributed by atoms with Gasteiger partial charge in [-0.1, -0.05) is 50.1 Å². The lowest BCUT2D eigenvalue weighted by Crippen LogP contribution is -2.71. The van der Waals surface area contributed by atoms with Crippen LogP contribution in [0.3, 0.4) is 0 Å². The van der Waals surface area contributed by atoms with Crippen molar-refractivity contribution >= 4 is 61.4 Å². The Labute approximate surface area is 184 Å². The molecule has 6 nitrogen and oxygen atoms in total. The molecule has 0 aliphatic carbocycles. The van der Waals surface area contributed by atoms with Gasteiger partial charge in [-0.3, -0.25) is 14.5 Å². The first-order chi connectivity index (χ1) is 13.1. The Morgan fingerprint density at radius 1 is 1.25 bits per heavy atom. The van der Waals surface area contributed by atoms with E-state index in [4.69, 9.17) is 4.74 Å². The molecule has 150 valence electrons. The molecule has 1 N–H and O–H groups in total. The van der Waals surface area contributed by atoms with Gasteiger partial charge in [0.05, 0.1) is 4.16 Å². The maximum Gasteiger partial charge on any atom is 0.355 e. The summed E-state index contributed by atoms with van der Waals surface area (Å²) >= 11 is 8.45. The number of hydrogen-bond acceptors (Lipinski definition) is 5. The number of halogens is 2. The van der Waals surface area contributed by atoms with E-state index >= 15 is 0 Å². The zero-order valence-electron chi connectivity index (χ0n) is 15.6. The molecule has 0 spiro atoms. The third-order valence-electron chi connectivity index (χ3n) is 4.18. The summed E-state index contributed by atoms with van der Waals surface area (Å²) in [6.07, 6.45) is 0. The normalized spacial score (nSPS) is 24.4. The molecule has 28 heavy (non-hydrogen) atoms. The van der Waals surface area contributed by atoms with Gasteiger partial charge in [-0.25, -0.2) is 4.79 Å². The van der Waals surface area contributed by atoms with Crippen molar-refractivity contribution in [2.45, 2.75) is 41.9 Å². The third-order valence-corrected chi connectivity index (χ3v) is 7.27. The van der Waals surface area contributed by atoms with Gasteiger partial charge in [0.15, 0.2) is 0 Å². The number of nitrogens with zero attached hydrogens (tertiary/aromatic N) is 1. The number of ether oxygens (including phenoxy) is 1. The van der Waals surface area contributed by atoms with Crippen LogP contribution in [-0.2, 0) is 14.3 Å². The molecule has 3 rings (SSSR count). The number of nitrogens with one attached hydrogen (secondary N) is 1. The Morgan fingerprint density at radius 3 is 2.46 bits per heavy atom. The number of carbonyl (C=O) groups excluding carboxylic acids is 3. The second-order valence-electron chi connectivity index (χ2n) is 7.38. The molecule has 2 aliphatic heterocycles. The highest BCUT2D eigenvalue weighted by Crippen LogP contribution is 2.47.